The fourth-order valence-electron chi connectivity index (χ4n) is 3.32. The van der Waals surface area contributed by atoms with E-state index in [1.165, 1.54) is 121 Å². The maximum absolute atomic E-state index is 11.5. The lowest BCUT2D eigenvalue weighted by atomic mass is 10.1. The van der Waals surface area contributed by atoms with Gasteiger partial charge in [0, 0.05) is 89.5 Å². The van der Waals surface area contributed by atoms with Crippen molar-refractivity contribution in [2.45, 2.75) is 125 Å². The topological polar surface area (TPSA) is 184 Å². The van der Waals surface area contributed by atoms with Crippen molar-refractivity contribution in [3.8, 4) is 6.07 Å². The van der Waals surface area contributed by atoms with Crippen LogP contribution in [0.15, 0.2) is 0 Å². The van der Waals surface area contributed by atoms with E-state index < -0.39 is 24.6 Å². The number of alkyl halides is 3. The van der Waals surface area contributed by atoms with Crippen LogP contribution in [0, 0.1) is 11.3 Å². The van der Waals surface area contributed by atoms with Crippen molar-refractivity contribution in [2.75, 3.05) is 88.1 Å². The highest BCUT2D eigenvalue weighted by atomic mass is 32.2. The molecule has 0 bridgehead atoms. The number of unbranched alkanes of at least 4 members (excludes halogenated alkanes) is 9. The average Bonchev–Trinajstić information content (AvgIpc) is 3.15. The number of ether oxygens (including phenoxy) is 3. The summed E-state index contributed by atoms with van der Waals surface area (Å²) in [7, 11) is 8.71. The second-order valence-corrected chi connectivity index (χ2v) is 13.9. The highest BCUT2D eigenvalue weighted by Crippen LogP contribution is 2.15. The zero-order chi connectivity index (χ0) is 47.4. The molecule has 0 heterocycles. The van der Waals surface area contributed by atoms with Crippen molar-refractivity contribution in [3.05, 3.63) is 0 Å². The van der Waals surface area contributed by atoms with Gasteiger partial charge in [0.1, 0.15) is 19.6 Å². The Bertz CT molecular complexity index is 1140. The summed E-state index contributed by atoms with van der Waals surface area (Å²) in [5.41, 5.74) is 0. The predicted molar refractivity (Wildman–Crippen MR) is 226 cm³/mol. The summed E-state index contributed by atoms with van der Waals surface area (Å²) in [6.45, 7) is 12.2. The Morgan fingerprint density at radius 3 is 1.25 bits per heavy atom. The molecule has 15 nitrogen and oxygen atoms in total. The van der Waals surface area contributed by atoms with Gasteiger partial charge in [0.05, 0.1) is 20.3 Å². The first-order chi connectivity index (χ1) is 27.3. The van der Waals surface area contributed by atoms with Gasteiger partial charge in [-0.2, -0.15) is 18.4 Å². The van der Waals surface area contributed by atoms with Gasteiger partial charge in [0.2, 0.25) is 23.6 Å². The van der Waals surface area contributed by atoms with Gasteiger partial charge in [0.25, 0.3) is 0 Å². The summed E-state index contributed by atoms with van der Waals surface area (Å²) >= 11 is 1.24. The summed E-state index contributed by atoms with van der Waals surface area (Å²) in [6.07, 6.45) is 12.0. The molecule has 0 radical (unpaired) electrons. The molecule has 0 aliphatic rings. The molecule has 0 aromatic carbocycles. The SMILES string of the molecule is CC(=O)N(C)CC#N.CC(=O)N(C)CC(F)(F)F.CCCCCCCCCCCCOCCCN(C)C(C)=O.COC(=O)CN(C)C(C)=O.COC(C)=O.CSC(C)=O. The van der Waals surface area contributed by atoms with Crippen molar-refractivity contribution in [2.24, 2.45) is 0 Å². The second-order valence-electron chi connectivity index (χ2n) is 13.0. The molecule has 0 atom stereocenters. The van der Waals surface area contributed by atoms with Crippen molar-refractivity contribution < 1.29 is 60.9 Å². The van der Waals surface area contributed by atoms with Gasteiger partial charge >= 0.3 is 18.1 Å². The van der Waals surface area contributed by atoms with E-state index in [4.69, 9.17) is 10.00 Å². The first-order valence-electron chi connectivity index (χ1n) is 19.3. The largest absolute Gasteiger partial charge is 0.469 e. The molecule has 0 aromatic heterocycles. The van der Waals surface area contributed by atoms with Crippen LogP contribution in [0.2, 0.25) is 0 Å². The van der Waals surface area contributed by atoms with Crippen LogP contribution in [0.25, 0.3) is 0 Å². The smallest absolute Gasteiger partial charge is 0.406 e. The molecule has 348 valence electrons. The highest BCUT2D eigenvalue weighted by Gasteiger charge is 2.30. The fraction of sp³-hybridized carbons (Fsp3) is 0.800. The van der Waals surface area contributed by atoms with Crippen LogP contribution in [0.4, 0.5) is 13.2 Å². The molecule has 4 amide bonds. The fourth-order valence-corrected chi connectivity index (χ4v) is 3.32. The second kappa shape index (κ2) is 46.8. The van der Waals surface area contributed by atoms with Crippen LogP contribution < -0.4 is 0 Å². The van der Waals surface area contributed by atoms with Crippen LogP contribution in [0.1, 0.15) is 119 Å². The standard InChI is InChI=1S/C18H37NO2.C6H11NO3.C5H8F3NO.C5H8N2O.C3H6O2.C3H6OS/c1-4-5-6-7-8-9-10-11-12-13-16-21-17-14-15-19(3)18(2)20;1-5(8)7(2)4-6(9)10-3;1-4(10)9(2)3-5(6,7)8;1-5(8)7(2)4-3-6;2*1-3(4)5-2/h4-17H2,1-3H3;4H2,1-3H3;3H2,1-2H3;4H2,1-2H3;2*1-2H3. The molecule has 0 N–H and O–H groups in total. The number of nitrogens with zero attached hydrogens (tertiary/aromatic N) is 5. The summed E-state index contributed by atoms with van der Waals surface area (Å²) in [5.74, 6) is -1.33. The van der Waals surface area contributed by atoms with Gasteiger partial charge < -0.3 is 33.8 Å². The molecular weight excluding hydrogens is 800 g/mol. The molecule has 0 saturated heterocycles. The first-order valence-corrected chi connectivity index (χ1v) is 20.6. The number of carbonyl (C=O) groups excluding carboxylic acids is 7. The van der Waals surface area contributed by atoms with Gasteiger partial charge in [-0.3, -0.25) is 33.6 Å². The highest BCUT2D eigenvalue weighted by molar-refractivity contribution is 8.12. The van der Waals surface area contributed by atoms with Crippen LogP contribution in [0.3, 0.4) is 0 Å². The molecule has 0 aromatic rings. The summed E-state index contributed by atoms with van der Waals surface area (Å²) in [5, 5.41) is 8.21. The van der Waals surface area contributed by atoms with Crippen LogP contribution in [-0.4, -0.2) is 155 Å². The third kappa shape index (κ3) is 69.1. The Balaban J connectivity index is -0.000000156. The van der Waals surface area contributed by atoms with E-state index in [2.05, 4.69) is 16.4 Å². The monoisotopic (exact) mass is 876 g/mol. The van der Waals surface area contributed by atoms with Gasteiger partial charge in [-0.1, -0.05) is 76.5 Å². The number of carbonyl (C=O) groups is 7. The summed E-state index contributed by atoms with van der Waals surface area (Å²) in [4.78, 5) is 76.9. The van der Waals surface area contributed by atoms with E-state index in [0.29, 0.717) is 4.90 Å². The Labute approximate surface area is 357 Å². The number of hydrogen-bond donors (Lipinski definition) is 0. The van der Waals surface area contributed by atoms with Gasteiger partial charge in [-0.25, -0.2) is 0 Å². The van der Waals surface area contributed by atoms with Crippen LogP contribution >= 0.6 is 11.8 Å². The molecule has 0 spiro atoms. The Morgan fingerprint density at radius 1 is 0.610 bits per heavy atom. The number of amides is 4. The minimum atomic E-state index is -4.29. The van der Waals surface area contributed by atoms with Gasteiger partial charge in [-0.05, 0) is 19.1 Å². The van der Waals surface area contributed by atoms with E-state index in [9.17, 15) is 46.7 Å². The van der Waals surface area contributed by atoms with Crippen molar-refractivity contribution in [1.82, 2.24) is 19.6 Å². The zero-order valence-electron chi connectivity index (χ0n) is 38.4. The van der Waals surface area contributed by atoms with Crippen LogP contribution in [0.5, 0.6) is 0 Å². The Kier molecular flexibility index (Phi) is 53.0. The minimum absolute atomic E-state index is 0.0197. The number of thioether (sulfide) groups is 1. The Hall–Kier alpha value is -3.92. The van der Waals surface area contributed by atoms with E-state index in [-0.39, 0.29) is 41.9 Å². The molecule has 0 fully saturated rings. The lowest BCUT2D eigenvalue weighted by Gasteiger charge is -2.16. The lowest BCUT2D eigenvalue weighted by molar-refractivity contribution is -0.157. The molecule has 19 heteroatoms. The molecular formula is C40H76F3N5O10S. The maximum Gasteiger partial charge on any atom is 0.406 e. The molecule has 59 heavy (non-hydrogen) atoms. The maximum atomic E-state index is 11.5. The third-order valence-electron chi connectivity index (χ3n) is 7.47. The van der Waals surface area contributed by atoms with Gasteiger partial charge in [-0.15, -0.1) is 0 Å². The molecule has 0 unspecified atom stereocenters. The number of rotatable bonds is 19. The third-order valence-corrected chi connectivity index (χ3v) is 8.04. The summed E-state index contributed by atoms with van der Waals surface area (Å²) in [6, 6.07) is 1.85. The number of halogens is 3. The Morgan fingerprint density at radius 2 is 0.983 bits per heavy atom. The number of likely N-dealkylation sites (N-methyl/N-ethyl adjacent to an activating group) is 1. The first kappa shape index (κ1) is 66.9. The number of hydrogen-bond acceptors (Lipinski definition) is 12. The van der Waals surface area contributed by atoms with E-state index in [0.717, 1.165) is 40.2 Å². The van der Waals surface area contributed by atoms with Crippen molar-refractivity contribution in [3.63, 3.8) is 0 Å². The normalized spacial score (nSPS) is 9.49. The average molecular weight is 876 g/mol. The molecule has 0 aliphatic heterocycles. The van der Waals surface area contributed by atoms with E-state index in [1.807, 2.05) is 13.1 Å². The van der Waals surface area contributed by atoms with Crippen LogP contribution in [-0.2, 0) is 47.8 Å². The predicted octanol–water partition coefficient (Wildman–Crippen LogP) is 6.52. The van der Waals surface area contributed by atoms with E-state index >= 15 is 0 Å². The lowest BCUT2D eigenvalue weighted by Crippen LogP contribution is -2.34. The summed E-state index contributed by atoms with van der Waals surface area (Å²) < 4.78 is 48.5. The van der Waals surface area contributed by atoms with Gasteiger partial charge in [0.15, 0.2) is 5.12 Å². The minimum Gasteiger partial charge on any atom is -0.469 e. The molecule has 0 rings (SSSR count). The number of methoxy groups -OCH3 is 2. The number of esters is 2. The number of nitriles is 1. The quantitative estimate of drug-likeness (QED) is 0.0779. The van der Waals surface area contributed by atoms with E-state index in [1.54, 1.807) is 39.1 Å². The molecule has 0 aliphatic carbocycles. The van der Waals surface area contributed by atoms with Crippen molar-refractivity contribution in [1.29, 1.82) is 5.26 Å². The zero-order valence-corrected chi connectivity index (χ0v) is 39.2. The van der Waals surface area contributed by atoms with Crippen molar-refractivity contribution >= 4 is 52.4 Å². The molecule has 0 saturated carbocycles.